The Labute approximate surface area is 106 Å². The second kappa shape index (κ2) is 4.63. The van der Waals surface area contributed by atoms with Crippen LogP contribution in [0.2, 0.25) is 0 Å². The van der Waals surface area contributed by atoms with Crippen LogP contribution in [0.5, 0.6) is 5.75 Å². The van der Waals surface area contributed by atoms with E-state index in [1.807, 2.05) is 12.3 Å². The molecule has 1 saturated heterocycles. The van der Waals surface area contributed by atoms with Crippen molar-refractivity contribution in [3.05, 3.63) is 30.0 Å². The summed E-state index contributed by atoms with van der Waals surface area (Å²) in [4.78, 5) is 4.77. The standard InChI is InChI=1S/C14H18N2O2/c1-15-4-6-16(7-5-15)9-11-10-18-14-3-2-12(17)8-13(11)14/h2-3,8,10,17H,4-7,9H2,1H3. The number of furan rings is 1. The number of aromatic hydroxyl groups is 1. The molecule has 1 N–H and O–H groups in total. The number of hydrogen-bond donors (Lipinski definition) is 1. The van der Waals surface area contributed by atoms with Gasteiger partial charge < -0.3 is 14.4 Å². The monoisotopic (exact) mass is 246 g/mol. The van der Waals surface area contributed by atoms with Crippen molar-refractivity contribution in [2.75, 3.05) is 33.2 Å². The summed E-state index contributed by atoms with van der Waals surface area (Å²) in [5, 5.41) is 10.6. The van der Waals surface area contributed by atoms with E-state index in [4.69, 9.17) is 4.42 Å². The molecule has 1 aliphatic heterocycles. The van der Waals surface area contributed by atoms with Gasteiger partial charge in [0.2, 0.25) is 0 Å². The van der Waals surface area contributed by atoms with Crippen LogP contribution < -0.4 is 0 Å². The minimum atomic E-state index is 0.295. The van der Waals surface area contributed by atoms with E-state index in [1.54, 1.807) is 12.1 Å². The topological polar surface area (TPSA) is 39.9 Å². The molecule has 0 radical (unpaired) electrons. The molecule has 96 valence electrons. The molecule has 0 amide bonds. The number of phenols is 1. The van der Waals surface area contributed by atoms with Crippen molar-refractivity contribution < 1.29 is 9.52 Å². The van der Waals surface area contributed by atoms with Crippen LogP contribution in [0.1, 0.15) is 5.56 Å². The Morgan fingerprint density at radius 2 is 2.00 bits per heavy atom. The van der Waals surface area contributed by atoms with Gasteiger partial charge in [-0.2, -0.15) is 0 Å². The van der Waals surface area contributed by atoms with E-state index in [-0.39, 0.29) is 0 Å². The largest absolute Gasteiger partial charge is 0.508 e. The normalized spacial score (nSPS) is 18.5. The second-order valence-corrected chi connectivity index (χ2v) is 5.02. The summed E-state index contributed by atoms with van der Waals surface area (Å²) in [5.41, 5.74) is 2.00. The van der Waals surface area contributed by atoms with Gasteiger partial charge in [0.1, 0.15) is 11.3 Å². The Bertz CT molecular complexity index is 542. The first-order valence-electron chi connectivity index (χ1n) is 6.32. The molecule has 4 heteroatoms. The van der Waals surface area contributed by atoms with Crippen LogP contribution in [0.4, 0.5) is 0 Å². The minimum absolute atomic E-state index is 0.295. The van der Waals surface area contributed by atoms with Gasteiger partial charge in [-0.25, -0.2) is 0 Å². The van der Waals surface area contributed by atoms with Crippen LogP contribution in [0, 0.1) is 0 Å². The maximum atomic E-state index is 9.55. The van der Waals surface area contributed by atoms with E-state index < -0.39 is 0 Å². The average Bonchev–Trinajstić information content (AvgIpc) is 2.75. The molecule has 1 aromatic carbocycles. The molecule has 1 aromatic heterocycles. The number of nitrogens with zero attached hydrogens (tertiary/aromatic N) is 2. The highest BCUT2D eigenvalue weighted by Crippen LogP contribution is 2.26. The lowest BCUT2D eigenvalue weighted by molar-refractivity contribution is 0.148. The van der Waals surface area contributed by atoms with Crippen molar-refractivity contribution >= 4 is 11.0 Å². The van der Waals surface area contributed by atoms with Gasteiger partial charge in [-0.3, -0.25) is 4.90 Å². The van der Waals surface area contributed by atoms with E-state index in [0.29, 0.717) is 5.75 Å². The Balaban J connectivity index is 1.80. The molecule has 0 spiro atoms. The van der Waals surface area contributed by atoms with Gasteiger partial charge >= 0.3 is 0 Å². The van der Waals surface area contributed by atoms with Crippen molar-refractivity contribution in [1.82, 2.24) is 9.80 Å². The Morgan fingerprint density at radius 3 is 2.78 bits per heavy atom. The van der Waals surface area contributed by atoms with E-state index in [0.717, 1.165) is 49.3 Å². The molecule has 0 bridgehead atoms. The fourth-order valence-electron chi connectivity index (χ4n) is 2.44. The van der Waals surface area contributed by atoms with Crippen molar-refractivity contribution in [3.8, 4) is 5.75 Å². The summed E-state index contributed by atoms with van der Waals surface area (Å²) in [6.07, 6.45) is 1.81. The van der Waals surface area contributed by atoms with Gasteiger partial charge in [-0.1, -0.05) is 0 Å². The van der Waals surface area contributed by atoms with Crippen molar-refractivity contribution in [1.29, 1.82) is 0 Å². The lowest BCUT2D eigenvalue weighted by Crippen LogP contribution is -2.43. The summed E-state index contributed by atoms with van der Waals surface area (Å²) in [6, 6.07) is 5.26. The van der Waals surface area contributed by atoms with Crippen molar-refractivity contribution in [2.24, 2.45) is 0 Å². The molecule has 2 aromatic rings. The highest BCUT2D eigenvalue weighted by atomic mass is 16.3. The second-order valence-electron chi connectivity index (χ2n) is 5.02. The maximum Gasteiger partial charge on any atom is 0.134 e. The smallest absolute Gasteiger partial charge is 0.134 e. The highest BCUT2D eigenvalue weighted by molar-refractivity contribution is 5.82. The van der Waals surface area contributed by atoms with E-state index in [2.05, 4.69) is 16.8 Å². The zero-order chi connectivity index (χ0) is 12.5. The van der Waals surface area contributed by atoms with Gasteiger partial charge in [0.25, 0.3) is 0 Å². The number of hydrogen-bond acceptors (Lipinski definition) is 4. The lowest BCUT2D eigenvalue weighted by atomic mass is 10.1. The van der Waals surface area contributed by atoms with E-state index in [1.165, 1.54) is 0 Å². The van der Waals surface area contributed by atoms with Crippen LogP contribution in [0.3, 0.4) is 0 Å². The predicted octanol–water partition coefficient (Wildman–Crippen LogP) is 1.89. The molecule has 1 aliphatic rings. The molecule has 0 aliphatic carbocycles. The van der Waals surface area contributed by atoms with Crippen LogP contribution in [-0.2, 0) is 6.54 Å². The third-order valence-electron chi connectivity index (χ3n) is 3.63. The first kappa shape index (κ1) is 11.6. The Kier molecular flexibility index (Phi) is 2.97. The predicted molar refractivity (Wildman–Crippen MR) is 70.7 cm³/mol. The summed E-state index contributed by atoms with van der Waals surface area (Å²) < 4.78 is 5.52. The Hall–Kier alpha value is -1.52. The van der Waals surface area contributed by atoms with Gasteiger partial charge in [0, 0.05) is 43.7 Å². The van der Waals surface area contributed by atoms with Crippen LogP contribution >= 0.6 is 0 Å². The molecule has 18 heavy (non-hydrogen) atoms. The van der Waals surface area contributed by atoms with Crippen LogP contribution in [0.25, 0.3) is 11.0 Å². The molecule has 3 rings (SSSR count). The first-order valence-corrected chi connectivity index (χ1v) is 6.32. The number of rotatable bonds is 2. The van der Waals surface area contributed by atoms with Crippen molar-refractivity contribution in [2.45, 2.75) is 6.54 Å². The van der Waals surface area contributed by atoms with Gasteiger partial charge in [-0.15, -0.1) is 0 Å². The maximum absolute atomic E-state index is 9.55. The zero-order valence-corrected chi connectivity index (χ0v) is 10.6. The van der Waals surface area contributed by atoms with Gasteiger partial charge in [0.15, 0.2) is 0 Å². The molecule has 0 unspecified atom stereocenters. The molecular formula is C14H18N2O2. The third-order valence-corrected chi connectivity index (χ3v) is 3.63. The quantitative estimate of drug-likeness (QED) is 0.878. The lowest BCUT2D eigenvalue weighted by Gasteiger charge is -2.32. The number of fused-ring (bicyclic) bond motifs is 1. The number of phenolic OH excluding ortho intramolecular Hbond substituents is 1. The summed E-state index contributed by atoms with van der Waals surface area (Å²) >= 11 is 0. The summed E-state index contributed by atoms with van der Waals surface area (Å²) in [7, 11) is 2.16. The first-order chi connectivity index (χ1) is 8.72. The molecular weight excluding hydrogens is 228 g/mol. The average molecular weight is 246 g/mol. The molecule has 0 atom stereocenters. The molecule has 0 saturated carbocycles. The van der Waals surface area contributed by atoms with Gasteiger partial charge in [-0.05, 0) is 25.2 Å². The third kappa shape index (κ3) is 2.21. The van der Waals surface area contributed by atoms with Crippen molar-refractivity contribution in [3.63, 3.8) is 0 Å². The summed E-state index contributed by atoms with van der Waals surface area (Å²) in [6.45, 7) is 5.29. The molecule has 2 heterocycles. The number of likely N-dealkylation sites (N-methyl/N-ethyl adjacent to an activating group) is 1. The van der Waals surface area contributed by atoms with Gasteiger partial charge in [0.05, 0.1) is 6.26 Å². The summed E-state index contributed by atoms with van der Waals surface area (Å²) in [5.74, 6) is 0.295. The Morgan fingerprint density at radius 1 is 1.22 bits per heavy atom. The molecule has 1 fully saturated rings. The van der Waals surface area contributed by atoms with E-state index in [9.17, 15) is 5.11 Å². The van der Waals surface area contributed by atoms with Crippen LogP contribution in [0.15, 0.2) is 28.9 Å². The van der Waals surface area contributed by atoms with E-state index >= 15 is 0 Å². The molecule has 4 nitrogen and oxygen atoms in total. The van der Waals surface area contributed by atoms with Crippen LogP contribution in [-0.4, -0.2) is 48.1 Å². The minimum Gasteiger partial charge on any atom is -0.508 e. The zero-order valence-electron chi connectivity index (χ0n) is 10.6. The fourth-order valence-corrected chi connectivity index (χ4v) is 2.44. The SMILES string of the molecule is CN1CCN(Cc2coc3ccc(O)cc23)CC1. The number of piperazine rings is 1. The highest BCUT2D eigenvalue weighted by Gasteiger charge is 2.16. The fraction of sp³-hybridized carbons (Fsp3) is 0.429. The number of benzene rings is 1.